The number of allylic oxidation sites excluding steroid dienone is 1. The predicted octanol–water partition coefficient (Wildman–Crippen LogP) is 3.55. The highest BCUT2D eigenvalue weighted by Gasteiger charge is 2.38. The van der Waals surface area contributed by atoms with Crippen molar-refractivity contribution in [3.63, 3.8) is 0 Å². The van der Waals surface area contributed by atoms with Gasteiger partial charge in [0.15, 0.2) is 0 Å². The molecule has 2 unspecified atom stereocenters. The Morgan fingerprint density at radius 2 is 1.64 bits per heavy atom. The van der Waals surface area contributed by atoms with Gasteiger partial charge in [0.25, 0.3) is 6.02 Å². The normalized spacial score (nSPS) is 23.7. The zero-order valence-corrected chi connectivity index (χ0v) is 13.6. The highest BCUT2D eigenvalue weighted by molar-refractivity contribution is 5.78. The second-order valence-electron chi connectivity index (χ2n) is 5.87. The molecule has 4 rings (SSSR count). The minimum absolute atomic E-state index is 0.0449. The summed E-state index contributed by atoms with van der Waals surface area (Å²) in [5.74, 6) is 0.476. The summed E-state index contributed by atoms with van der Waals surface area (Å²) >= 11 is 0. The maximum Gasteiger partial charge on any atom is 0.295 e. The fraction of sp³-hybridized carbons (Fsp3) is 0.200. The van der Waals surface area contributed by atoms with Gasteiger partial charge in [0.1, 0.15) is 25.3 Å². The van der Waals surface area contributed by atoms with Gasteiger partial charge in [0, 0.05) is 0 Å². The summed E-state index contributed by atoms with van der Waals surface area (Å²) in [7, 11) is 0. The largest absolute Gasteiger partial charge is 0.476 e. The first-order valence-electron chi connectivity index (χ1n) is 8.19. The molecule has 124 valence electrons. The fourth-order valence-corrected chi connectivity index (χ4v) is 3.12. The van der Waals surface area contributed by atoms with E-state index in [4.69, 9.17) is 19.7 Å². The molecule has 0 aromatic heterocycles. The SMILES string of the molecule is N#C/C=C1/OCC(c2ccccc2)N1C1=NC(c2ccccc2)CO1. The standard InChI is InChI=1S/C20H17N3O2/c21-12-11-19-23(18(14-24-19)16-9-5-2-6-10-16)20-22-17(13-25-20)15-7-3-1-4-8-15/h1-11,17-18H,13-14H2/b19-11+. The molecule has 2 atom stereocenters. The van der Waals surface area contributed by atoms with Gasteiger partial charge < -0.3 is 9.47 Å². The van der Waals surface area contributed by atoms with Gasteiger partial charge in [0.05, 0.1) is 12.1 Å². The van der Waals surface area contributed by atoms with Crippen molar-refractivity contribution in [3.05, 3.63) is 83.7 Å². The van der Waals surface area contributed by atoms with Crippen LogP contribution in [0.25, 0.3) is 0 Å². The van der Waals surface area contributed by atoms with Crippen LogP contribution in [0.5, 0.6) is 0 Å². The molecule has 0 radical (unpaired) electrons. The summed E-state index contributed by atoms with van der Waals surface area (Å²) in [5, 5.41) is 9.06. The molecule has 0 aliphatic carbocycles. The molecular weight excluding hydrogens is 314 g/mol. The van der Waals surface area contributed by atoms with Gasteiger partial charge in [-0.15, -0.1) is 0 Å². The molecule has 0 N–H and O–H groups in total. The van der Waals surface area contributed by atoms with Gasteiger partial charge in [-0.3, -0.25) is 4.90 Å². The van der Waals surface area contributed by atoms with Crippen LogP contribution in [0.1, 0.15) is 23.2 Å². The third-order valence-corrected chi connectivity index (χ3v) is 4.34. The number of ether oxygens (including phenoxy) is 2. The van der Waals surface area contributed by atoms with Crippen LogP contribution >= 0.6 is 0 Å². The van der Waals surface area contributed by atoms with Crippen LogP contribution in [0.2, 0.25) is 0 Å². The number of amidine groups is 1. The second-order valence-corrected chi connectivity index (χ2v) is 5.87. The van der Waals surface area contributed by atoms with Crippen LogP contribution in [-0.4, -0.2) is 24.1 Å². The molecule has 25 heavy (non-hydrogen) atoms. The summed E-state index contributed by atoms with van der Waals surface area (Å²) < 4.78 is 11.6. The minimum atomic E-state index is -0.0610. The lowest BCUT2D eigenvalue weighted by molar-refractivity contribution is 0.234. The van der Waals surface area contributed by atoms with Crippen molar-refractivity contribution in [2.24, 2.45) is 4.99 Å². The highest BCUT2D eigenvalue weighted by Crippen LogP contribution is 2.36. The molecule has 0 bridgehead atoms. The number of nitriles is 1. The highest BCUT2D eigenvalue weighted by atomic mass is 16.5. The Morgan fingerprint density at radius 3 is 2.32 bits per heavy atom. The van der Waals surface area contributed by atoms with E-state index < -0.39 is 0 Å². The first kappa shape index (κ1) is 15.3. The van der Waals surface area contributed by atoms with Crippen molar-refractivity contribution >= 4 is 6.02 Å². The maximum atomic E-state index is 9.06. The Balaban J connectivity index is 1.67. The van der Waals surface area contributed by atoms with E-state index in [0.717, 1.165) is 11.1 Å². The van der Waals surface area contributed by atoms with Crippen molar-refractivity contribution in [2.75, 3.05) is 13.2 Å². The van der Waals surface area contributed by atoms with Gasteiger partial charge in [-0.05, 0) is 11.1 Å². The molecule has 2 aromatic carbocycles. The molecule has 0 amide bonds. The molecule has 1 fully saturated rings. The topological polar surface area (TPSA) is 57.8 Å². The van der Waals surface area contributed by atoms with E-state index >= 15 is 0 Å². The Hall–Kier alpha value is -3.26. The van der Waals surface area contributed by atoms with Crippen LogP contribution in [0.4, 0.5) is 0 Å². The third-order valence-electron chi connectivity index (χ3n) is 4.34. The van der Waals surface area contributed by atoms with Crippen LogP contribution in [0.15, 0.2) is 77.6 Å². The summed E-state index contributed by atoms with van der Waals surface area (Å²) in [6.45, 7) is 0.938. The Labute approximate surface area is 146 Å². The van der Waals surface area contributed by atoms with E-state index in [9.17, 15) is 0 Å². The Morgan fingerprint density at radius 1 is 0.960 bits per heavy atom. The van der Waals surface area contributed by atoms with E-state index in [-0.39, 0.29) is 12.1 Å². The smallest absolute Gasteiger partial charge is 0.295 e. The molecule has 5 nitrogen and oxygen atoms in total. The summed E-state index contributed by atoms with van der Waals surface area (Å²) in [6, 6.07) is 22.5. The molecule has 2 aromatic rings. The van der Waals surface area contributed by atoms with E-state index in [1.165, 1.54) is 6.08 Å². The first-order chi connectivity index (χ1) is 12.4. The lowest BCUT2D eigenvalue weighted by Crippen LogP contribution is -2.30. The van der Waals surface area contributed by atoms with Gasteiger partial charge in [-0.2, -0.15) is 5.26 Å². The Bertz CT molecular complexity index is 840. The first-order valence-corrected chi connectivity index (χ1v) is 8.19. The quantitative estimate of drug-likeness (QED) is 0.790. The zero-order chi connectivity index (χ0) is 17.1. The average molecular weight is 331 g/mol. The van der Waals surface area contributed by atoms with Gasteiger partial charge in [-0.1, -0.05) is 60.7 Å². The van der Waals surface area contributed by atoms with Crippen LogP contribution in [-0.2, 0) is 9.47 Å². The summed E-state index contributed by atoms with van der Waals surface area (Å²) in [5.41, 5.74) is 2.21. The monoisotopic (exact) mass is 331 g/mol. The van der Waals surface area contributed by atoms with E-state index in [2.05, 4.69) is 0 Å². The molecule has 0 saturated carbocycles. The third kappa shape index (κ3) is 2.94. The van der Waals surface area contributed by atoms with Gasteiger partial charge >= 0.3 is 0 Å². The van der Waals surface area contributed by atoms with Crippen LogP contribution < -0.4 is 0 Å². The van der Waals surface area contributed by atoms with Crippen LogP contribution in [0.3, 0.4) is 0 Å². The summed E-state index contributed by atoms with van der Waals surface area (Å²) in [6.07, 6.45) is 1.39. The lowest BCUT2D eigenvalue weighted by Gasteiger charge is -2.22. The summed E-state index contributed by atoms with van der Waals surface area (Å²) in [4.78, 5) is 6.62. The van der Waals surface area contributed by atoms with Crippen LogP contribution in [0, 0.1) is 11.3 Å². The van der Waals surface area contributed by atoms with E-state index in [1.807, 2.05) is 71.6 Å². The minimum Gasteiger partial charge on any atom is -0.476 e. The van der Waals surface area contributed by atoms with Crippen molar-refractivity contribution in [1.29, 1.82) is 5.26 Å². The van der Waals surface area contributed by atoms with Crippen molar-refractivity contribution in [2.45, 2.75) is 12.1 Å². The lowest BCUT2D eigenvalue weighted by atomic mass is 10.1. The maximum absolute atomic E-state index is 9.06. The fourth-order valence-electron chi connectivity index (χ4n) is 3.12. The number of nitrogens with zero attached hydrogens (tertiary/aromatic N) is 3. The zero-order valence-electron chi connectivity index (χ0n) is 13.6. The van der Waals surface area contributed by atoms with Crippen molar-refractivity contribution in [3.8, 4) is 6.07 Å². The number of hydrogen-bond donors (Lipinski definition) is 0. The number of rotatable bonds is 2. The molecular formula is C20H17N3O2. The molecule has 5 heteroatoms. The Kier molecular flexibility index (Phi) is 4.09. The number of benzene rings is 2. The molecule has 2 aliphatic heterocycles. The van der Waals surface area contributed by atoms with Crippen molar-refractivity contribution < 1.29 is 9.47 Å². The van der Waals surface area contributed by atoms with Gasteiger partial charge in [-0.25, -0.2) is 4.99 Å². The average Bonchev–Trinajstić information content (AvgIpc) is 3.30. The van der Waals surface area contributed by atoms with E-state index in [0.29, 0.717) is 25.1 Å². The number of hydrogen-bond acceptors (Lipinski definition) is 5. The number of aliphatic imine (C=N–C) groups is 1. The molecule has 2 heterocycles. The molecule has 1 saturated heterocycles. The predicted molar refractivity (Wildman–Crippen MR) is 93.2 cm³/mol. The molecule has 2 aliphatic rings. The van der Waals surface area contributed by atoms with E-state index in [1.54, 1.807) is 0 Å². The van der Waals surface area contributed by atoms with Crippen molar-refractivity contribution in [1.82, 2.24) is 4.90 Å². The second kappa shape index (κ2) is 6.70. The van der Waals surface area contributed by atoms with Gasteiger partial charge in [0.2, 0.25) is 5.88 Å². The molecule has 0 spiro atoms.